The van der Waals surface area contributed by atoms with Crippen molar-refractivity contribution >= 4 is 22.7 Å². The number of hydrogen-bond acceptors (Lipinski definition) is 4. The van der Waals surface area contributed by atoms with Crippen LogP contribution in [-0.2, 0) is 15.7 Å². The van der Waals surface area contributed by atoms with Crippen LogP contribution < -0.4 is 4.72 Å². The van der Waals surface area contributed by atoms with E-state index in [0.29, 0.717) is 0 Å². The zero-order valence-corrected chi connectivity index (χ0v) is 17.1. The Kier molecular flexibility index (Phi) is 8.60. The molecule has 2 rings (SSSR count). The van der Waals surface area contributed by atoms with Crippen LogP contribution in [0.4, 0.5) is 13.2 Å². The zero-order chi connectivity index (χ0) is 22.3. The van der Waals surface area contributed by atoms with Gasteiger partial charge in [0.15, 0.2) is 11.6 Å². The lowest BCUT2D eigenvalue weighted by Crippen LogP contribution is -2.50. The number of nitrogens with zero attached hydrogens (tertiary/aromatic N) is 2. The van der Waals surface area contributed by atoms with E-state index in [4.69, 9.17) is 0 Å². The minimum Gasteiger partial charge on any atom is -0.335 e. The summed E-state index contributed by atoms with van der Waals surface area (Å²) in [4.78, 5) is 28.0. The highest BCUT2D eigenvalue weighted by Gasteiger charge is 2.26. The number of allylic oxidation sites excluding steroid dienone is 1. The molecule has 0 aromatic heterocycles. The van der Waals surface area contributed by atoms with Gasteiger partial charge in [-0.1, -0.05) is 12.2 Å². The average molecular weight is 445 g/mol. The van der Waals surface area contributed by atoms with Crippen molar-refractivity contribution in [3.05, 3.63) is 59.2 Å². The second-order valence-electron chi connectivity index (χ2n) is 6.53. The summed E-state index contributed by atoms with van der Waals surface area (Å²) in [6.45, 7) is 1.90. The lowest BCUT2D eigenvalue weighted by atomic mass is 10.1. The molecule has 0 radical (unpaired) electrons. The highest BCUT2D eigenvalue weighted by molar-refractivity contribution is 7.70. The fourth-order valence-electron chi connectivity index (χ4n) is 2.87. The molecule has 1 aliphatic rings. The van der Waals surface area contributed by atoms with Crippen LogP contribution in [0.2, 0.25) is 0 Å². The van der Waals surface area contributed by atoms with Gasteiger partial charge in [-0.2, -0.15) is 0 Å². The van der Waals surface area contributed by atoms with Crippen LogP contribution in [0.3, 0.4) is 0 Å². The van der Waals surface area contributed by atoms with Gasteiger partial charge in [0, 0.05) is 43.9 Å². The molecule has 0 saturated carbocycles. The molecule has 11 heteroatoms. The normalized spacial score (nSPS) is 16.4. The third-order valence-electron chi connectivity index (χ3n) is 4.31. The first-order valence-corrected chi connectivity index (χ1v) is 10.3. The van der Waals surface area contributed by atoms with E-state index in [2.05, 4.69) is 4.72 Å². The van der Waals surface area contributed by atoms with E-state index in [9.17, 15) is 31.2 Å². The van der Waals surface area contributed by atoms with Crippen molar-refractivity contribution in [1.29, 1.82) is 0 Å². The molecular weight excluding hydrogens is 423 g/mol. The molecule has 2 amide bonds. The number of nitrogens with one attached hydrogen (secondary N) is 1. The molecule has 1 aromatic rings. The highest BCUT2D eigenvalue weighted by Crippen LogP contribution is 2.15. The Morgan fingerprint density at radius 1 is 1.13 bits per heavy atom. The first kappa shape index (κ1) is 23.6. The van der Waals surface area contributed by atoms with E-state index in [-0.39, 0.29) is 43.9 Å². The molecule has 30 heavy (non-hydrogen) atoms. The molecule has 0 aliphatic carbocycles. The Bertz CT molecular complexity index is 916. The van der Waals surface area contributed by atoms with E-state index < -0.39 is 40.5 Å². The van der Waals surface area contributed by atoms with E-state index in [1.54, 1.807) is 0 Å². The van der Waals surface area contributed by atoms with Crippen LogP contribution >= 0.6 is 0 Å². The van der Waals surface area contributed by atoms with Gasteiger partial charge in [-0.3, -0.25) is 9.59 Å². The van der Waals surface area contributed by atoms with E-state index in [1.807, 2.05) is 0 Å². The monoisotopic (exact) mass is 445 g/mol. The van der Waals surface area contributed by atoms with Crippen LogP contribution in [0.25, 0.3) is 0 Å². The molecule has 1 N–H and O–H groups in total. The molecule has 7 nitrogen and oxygen atoms in total. The first-order chi connectivity index (χ1) is 14.2. The maximum Gasteiger partial charge on any atom is 0.254 e. The smallest absolute Gasteiger partial charge is 0.254 e. The van der Waals surface area contributed by atoms with Crippen molar-refractivity contribution in [2.24, 2.45) is 0 Å². The van der Waals surface area contributed by atoms with Gasteiger partial charge in [0.1, 0.15) is 6.17 Å². The van der Waals surface area contributed by atoms with E-state index in [1.165, 1.54) is 34.9 Å². The fraction of sp³-hybridized carbons (Fsp3) is 0.368. The van der Waals surface area contributed by atoms with Gasteiger partial charge in [-0.15, -0.1) is 0 Å². The van der Waals surface area contributed by atoms with Gasteiger partial charge >= 0.3 is 0 Å². The minimum absolute atomic E-state index is 0.00709. The van der Waals surface area contributed by atoms with Crippen molar-refractivity contribution < 1.29 is 31.2 Å². The molecule has 0 bridgehead atoms. The second-order valence-corrected chi connectivity index (χ2v) is 7.37. The topological polar surface area (TPSA) is 86.8 Å². The third kappa shape index (κ3) is 6.70. The highest BCUT2D eigenvalue weighted by atomic mass is 32.2. The second kappa shape index (κ2) is 10.9. The fourth-order valence-corrected chi connectivity index (χ4v) is 3.12. The third-order valence-corrected chi connectivity index (χ3v) is 4.75. The maximum atomic E-state index is 13.4. The Balaban J connectivity index is 2.01. The van der Waals surface area contributed by atoms with Gasteiger partial charge < -0.3 is 9.80 Å². The Morgan fingerprint density at radius 3 is 2.33 bits per heavy atom. The lowest BCUT2D eigenvalue weighted by Gasteiger charge is -2.35. The molecule has 1 saturated heterocycles. The van der Waals surface area contributed by atoms with Crippen molar-refractivity contribution in [1.82, 2.24) is 14.5 Å². The van der Waals surface area contributed by atoms with Gasteiger partial charge in [-0.05, 0) is 31.2 Å². The summed E-state index contributed by atoms with van der Waals surface area (Å²) in [6.07, 6.45) is 2.45. The number of hydrogen-bond donors (Lipinski definition) is 2. The van der Waals surface area contributed by atoms with Crippen LogP contribution in [-0.4, -0.2) is 68.9 Å². The number of thiol groups is 1. The summed E-state index contributed by atoms with van der Waals surface area (Å²) in [7, 11) is -2.78. The number of alkyl halides is 1. The van der Waals surface area contributed by atoms with Crippen molar-refractivity contribution in [2.75, 3.05) is 32.7 Å². The van der Waals surface area contributed by atoms with Gasteiger partial charge in [0.05, 0.1) is 0 Å². The van der Waals surface area contributed by atoms with Gasteiger partial charge in [-0.25, -0.2) is 26.3 Å². The summed E-state index contributed by atoms with van der Waals surface area (Å²) < 4.78 is 63.0. The largest absolute Gasteiger partial charge is 0.335 e. The summed E-state index contributed by atoms with van der Waals surface area (Å²) in [5, 5.41) is 0. The van der Waals surface area contributed by atoms with E-state index in [0.717, 1.165) is 18.2 Å². The summed E-state index contributed by atoms with van der Waals surface area (Å²) >= 11 is 0. The van der Waals surface area contributed by atoms with Crippen LogP contribution in [0, 0.1) is 11.6 Å². The Labute approximate surface area is 173 Å². The molecule has 1 unspecified atom stereocenters. The lowest BCUT2D eigenvalue weighted by molar-refractivity contribution is -0.128. The van der Waals surface area contributed by atoms with Crippen LogP contribution in [0.5, 0.6) is 0 Å². The number of rotatable bonds is 7. The first-order valence-electron chi connectivity index (χ1n) is 9.13. The molecule has 1 aromatic carbocycles. The van der Waals surface area contributed by atoms with Crippen LogP contribution in [0.15, 0.2) is 42.0 Å². The van der Waals surface area contributed by atoms with Crippen molar-refractivity contribution in [2.45, 2.75) is 13.1 Å². The van der Waals surface area contributed by atoms with Gasteiger partial charge in [0.2, 0.25) is 10.9 Å². The summed E-state index contributed by atoms with van der Waals surface area (Å²) in [5.74, 6) is -3.10. The SMILES string of the molecule is CC(F)/C=C(\C=C/CN[SH](=O)=O)C(=O)N1CCN(C(=O)c2ccc(F)c(F)c2)CC1. The molecule has 1 atom stereocenters. The number of benzene rings is 1. The predicted octanol–water partition coefficient (Wildman–Crippen LogP) is 1.21. The van der Waals surface area contributed by atoms with Crippen molar-refractivity contribution in [3.8, 4) is 0 Å². The summed E-state index contributed by atoms with van der Waals surface area (Å²) in [6, 6.07) is 2.89. The molecule has 0 spiro atoms. The zero-order valence-electron chi connectivity index (χ0n) is 16.2. The number of carbonyl (C=O) groups is 2. The minimum atomic E-state index is -2.78. The Morgan fingerprint density at radius 2 is 1.77 bits per heavy atom. The average Bonchev–Trinajstić information content (AvgIpc) is 2.71. The standard InChI is InChI=1S/C19H22F3N3O4S/c1-13(20)11-14(3-2-6-23-30(28)29)18(26)24-7-9-25(10-8-24)19(27)15-4-5-16(21)17(22)12-15/h2-5,11-13,30H,6-10H2,1H3,(H,23,28,29)/b3-2-,14-11+. The number of carbonyl (C=O) groups excluding carboxylic acids is 2. The molecule has 1 heterocycles. The van der Waals surface area contributed by atoms with Crippen molar-refractivity contribution in [3.63, 3.8) is 0 Å². The molecule has 1 fully saturated rings. The maximum absolute atomic E-state index is 13.4. The van der Waals surface area contributed by atoms with E-state index >= 15 is 0 Å². The molecule has 164 valence electrons. The number of amides is 2. The number of halogens is 3. The van der Waals surface area contributed by atoms with Crippen LogP contribution in [0.1, 0.15) is 17.3 Å². The molecule has 1 aliphatic heterocycles. The van der Waals surface area contributed by atoms with Gasteiger partial charge in [0.25, 0.3) is 11.8 Å². The molecular formula is C19H22F3N3O4S. The predicted molar refractivity (Wildman–Crippen MR) is 105 cm³/mol. The Hall–Kier alpha value is -2.66. The number of piperazine rings is 1. The quantitative estimate of drug-likeness (QED) is 0.375. The summed E-state index contributed by atoms with van der Waals surface area (Å²) in [5.41, 5.74) is 0.0703.